The second-order valence-electron chi connectivity index (χ2n) is 3.72. The molecule has 0 aliphatic carbocycles. The summed E-state index contributed by atoms with van der Waals surface area (Å²) in [5, 5.41) is 18.0. The number of aliphatic hydroxyl groups is 1. The lowest BCUT2D eigenvalue weighted by atomic mass is 10.2. The molecule has 0 spiro atoms. The first-order valence-corrected chi connectivity index (χ1v) is 6.48. The van der Waals surface area contributed by atoms with Crippen LogP contribution in [0.15, 0.2) is 47.5 Å². The number of nitrogens with zero attached hydrogens (tertiary/aromatic N) is 2. The predicted molar refractivity (Wildman–Crippen MR) is 70.9 cm³/mol. The van der Waals surface area contributed by atoms with Crippen LogP contribution in [0.5, 0.6) is 0 Å². The molecule has 18 heavy (non-hydrogen) atoms. The minimum atomic E-state index is 0.0464. The molecule has 0 unspecified atom stereocenters. The molecule has 2 aromatic rings. The molecule has 1 N–H and O–H groups in total. The lowest BCUT2D eigenvalue weighted by Gasteiger charge is -2.04. The normalized spacial score (nSPS) is 10.0. The van der Waals surface area contributed by atoms with Crippen molar-refractivity contribution < 1.29 is 5.11 Å². The van der Waals surface area contributed by atoms with E-state index in [2.05, 4.69) is 11.1 Å². The summed E-state index contributed by atoms with van der Waals surface area (Å²) in [4.78, 5) is 5.11. The van der Waals surface area contributed by atoms with Crippen LogP contribution in [0.4, 0.5) is 0 Å². The van der Waals surface area contributed by atoms with E-state index in [-0.39, 0.29) is 6.61 Å². The monoisotopic (exact) mass is 256 g/mol. The molecule has 0 radical (unpaired) electrons. The van der Waals surface area contributed by atoms with Crippen molar-refractivity contribution in [3.63, 3.8) is 0 Å². The van der Waals surface area contributed by atoms with Gasteiger partial charge in [-0.1, -0.05) is 18.2 Å². The Labute approximate surface area is 110 Å². The molecule has 0 amide bonds. The molecule has 0 fully saturated rings. The lowest BCUT2D eigenvalue weighted by Crippen LogP contribution is -1.90. The van der Waals surface area contributed by atoms with Gasteiger partial charge in [0.1, 0.15) is 11.8 Å². The standard InChI is InChI=1S/C14H12N2OS/c15-8-14-12(4-2-6-16-14)10-18-13-5-1-3-11(7-13)9-17/h1-7,17H,9-10H2. The molecule has 1 aromatic carbocycles. The van der Waals surface area contributed by atoms with Crippen molar-refractivity contribution in [2.75, 3.05) is 0 Å². The Morgan fingerprint density at radius 2 is 2.17 bits per heavy atom. The topological polar surface area (TPSA) is 56.9 Å². The molecule has 0 saturated carbocycles. The maximum Gasteiger partial charge on any atom is 0.144 e. The first kappa shape index (κ1) is 12.6. The Balaban J connectivity index is 2.09. The molecule has 3 nitrogen and oxygen atoms in total. The van der Waals surface area contributed by atoms with E-state index in [1.807, 2.05) is 36.4 Å². The second-order valence-corrected chi connectivity index (χ2v) is 4.77. The molecule has 0 aliphatic heterocycles. The number of rotatable bonds is 4. The van der Waals surface area contributed by atoms with Crippen LogP contribution in [-0.2, 0) is 12.4 Å². The van der Waals surface area contributed by atoms with Gasteiger partial charge in [0.2, 0.25) is 0 Å². The summed E-state index contributed by atoms with van der Waals surface area (Å²) in [5.41, 5.74) is 2.30. The molecular weight excluding hydrogens is 244 g/mol. The molecule has 0 atom stereocenters. The first-order valence-electron chi connectivity index (χ1n) is 5.50. The lowest BCUT2D eigenvalue weighted by molar-refractivity contribution is 0.281. The quantitative estimate of drug-likeness (QED) is 0.855. The third-order valence-corrected chi connectivity index (χ3v) is 3.52. The second kappa shape index (κ2) is 6.20. The third-order valence-electron chi connectivity index (χ3n) is 2.47. The van der Waals surface area contributed by atoms with E-state index >= 15 is 0 Å². The highest BCUT2D eigenvalue weighted by Gasteiger charge is 2.03. The molecule has 2 rings (SSSR count). The first-order chi connectivity index (χ1) is 8.83. The number of nitriles is 1. The van der Waals surface area contributed by atoms with Gasteiger partial charge in [0.15, 0.2) is 0 Å². The number of hydrogen-bond donors (Lipinski definition) is 1. The fourth-order valence-corrected chi connectivity index (χ4v) is 2.52. The Bertz CT molecular complexity index is 578. The average Bonchev–Trinajstić information content (AvgIpc) is 2.45. The highest BCUT2D eigenvalue weighted by molar-refractivity contribution is 7.98. The summed E-state index contributed by atoms with van der Waals surface area (Å²) in [5.74, 6) is 0.700. The number of benzene rings is 1. The fourth-order valence-electron chi connectivity index (χ4n) is 1.55. The highest BCUT2D eigenvalue weighted by Crippen LogP contribution is 2.24. The van der Waals surface area contributed by atoms with Gasteiger partial charge in [-0.3, -0.25) is 0 Å². The minimum absolute atomic E-state index is 0.0464. The summed E-state index contributed by atoms with van der Waals surface area (Å²) in [7, 11) is 0. The average molecular weight is 256 g/mol. The number of thioether (sulfide) groups is 1. The van der Waals surface area contributed by atoms with Gasteiger partial charge in [-0.25, -0.2) is 4.98 Å². The highest BCUT2D eigenvalue weighted by atomic mass is 32.2. The van der Waals surface area contributed by atoms with Crippen LogP contribution in [0.25, 0.3) is 0 Å². The van der Waals surface area contributed by atoms with Crippen molar-refractivity contribution in [3.05, 3.63) is 59.4 Å². The van der Waals surface area contributed by atoms with Crippen molar-refractivity contribution in [1.82, 2.24) is 4.98 Å². The zero-order valence-corrected chi connectivity index (χ0v) is 10.5. The fraction of sp³-hybridized carbons (Fsp3) is 0.143. The summed E-state index contributed by atoms with van der Waals surface area (Å²) >= 11 is 1.63. The van der Waals surface area contributed by atoms with E-state index in [0.717, 1.165) is 16.0 Å². The van der Waals surface area contributed by atoms with Gasteiger partial charge in [0, 0.05) is 16.8 Å². The van der Waals surface area contributed by atoms with E-state index in [4.69, 9.17) is 10.4 Å². The number of pyridine rings is 1. The van der Waals surface area contributed by atoms with Crippen molar-refractivity contribution in [3.8, 4) is 6.07 Å². The molecule has 90 valence electrons. The number of aliphatic hydroxyl groups excluding tert-OH is 1. The smallest absolute Gasteiger partial charge is 0.144 e. The van der Waals surface area contributed by atoms with Crippen LogP contribution in [0.2, 0.25) is 0 Å². The van der Waals surface area contributed by atoms with E-state index in [9.17, 15) is 0 Å². The van der Waals surface area contributed by atoms with Crippen molar-refractivity contribution in [1.29, 1.82) is 5.26 Å². The minimum Gasteiger partial charge on any atom is -0.392 e. The summed E-state index contributed by atoms with van der Waals surface area (Å²) in [6, 6.07) is 13.6. The van der Waals surface area contributed by atoms with Crippen LogP contribution in [-0.4, -0.2) is 10.1 Å². The largest absolute Gasteiger partial charge is 0.392 e. The van der Waals surface area contributed by atoms with Gasteiger partial charge in [-0.2, -0.15) is 5.26 Å². The number of aromatic nitrogens is 1. The Morgan fingerprint density at radius 3 is 2.94 bits per heavy atom. The summed E-state index contributed by atoms with van der Waals surface area (Å²) < 4.78 is 0. The van der Waals surface area contributed by atoms with Crippen molar-refractivity contribution in [2.24, 2.45) is 0 Å². The number of hydrogen-bond acceptors (Lipinski definition) is 4. The molecule has 4 heteroatoms. The van der Waals surface area contributed by atoms with Crippen molar-refractivity contribution >= 4 is 11.8 Å². The summed E-state index contributed by atoms with van der Waals surface area (Å²) in [6.07, 6.45) is 1.62. The van der Waals surface area contributed by atoms with Crippen LogP contribution in [0, 0.1) is 11.3 Å². The van der Waals surface area contributed by atoms with Gasteiger partial charge < -0.3 is 5.11 Å². The van der Waals surface area contributed by atoms with Crippen LogP contribution >= 0.6 is 11.8 Å². The van der Waals surface area contributed by atoms with Crippen molar-refractivity contribution in [2.45, 2.75) is 17.3 Å². The predicted octanol–water partition coefficient (Wildman–Crippen LogP) is 2.74. The molecule has 0 saturated heterocycles. The van der Waals surface area contributed by atoms with Gasteiger partial charge in [-0.05, 0) is 29.3 Å². The maximum atomic E-state index is 9.07. The molecular formula is C14H12N2OS. The van der Waals surface area contributed by atoms with Gasteiger partial charge >= 0.3 is 0 Å². The van der Waals surface area contributed by atoms with Crippen LogP contribution in [0.1, 0.15) is 16.8 Å². The van der Waals surface area contributed by atoms with E-state index in [1.54, 1.807) is 18.0 Å². The molecule has 1 heterocycles. The zero-order chi connectivity index (χ0) is 12.8. The molecule has 0 bridgehead atoms. The van der Waals surface area contributed by atoms with E-state index < -0.39 is 0 Å². The Hall–Kier alpha value is -1.83. The molecule has 1 aromatic heterocycles. The van der Waals surface area contributed by atoms with E-state index in [0.29, 0.717) is 11.4 Å². The maximum absolute atomic E-state index is 9.07. The third kappa shape index (κ3) is 3.10. The summed E-state index contributed by atoms with van der Waals surface area (Å²) in [6.45, 7) is 0.0464. The van der Waals surface area contributed by atoms with Gasteiger partial charge in [0.25, 0.3) is 0 Å². The molecule has 0 aliphatic rings. The Kier molecular flexibility index (Phi) is 4.35. The van der Waals surface area contributed by atoms with E-state index in [1.165, 1.54) is 0 Å². The van der Waals surface area contributed by atoms with Gasteiger partial charge in [0.05, 0.1) is 6.61 Å². The van der Waals surface area contributed by atoms with Crippen LogP contribution < -0.4 is 0 Å². The Morgan fingerprint density at radius 1 is 1.28 bits per heavy atom. The SMILES string of the molecule is N#Cc1ncccc1CSc1cccc(CO)c1. The zero-order valence-electron chi connectivity index (χ0n) is 9.71. The van der Waals surface area contributed by atoms with Gasteiger partial charge in [-0.15, -0.1) is 11.8 Å². The van der Waals surface area contributed by atoms with Crippen LogP contribution in [0.3, 0.4) is 0 Å².